The Labute approximate surface area is 141 Å². The number of rotatable bonds is 7. The van der Waals surface area contributed by atoms with Crippen LogP contribution in [-0.2, 0) is 9.53 Å². The van der Waals surface area contributed by atoms with Crippen LogP contribution in [0.3, 0.4) is 0 Å². The van der Waals surface area contributed by atoms with Gasteiger partial charge in [-0.25, -0.2) is 0 Å². The summed E-state index contributed by atoms with van der Waals surface area (Å²) in [5, 5.41) is 0. The molecule has 2 N–H and O–H groups in total. The van der Waals surface area contributed by atoms with E-state index in [0.717, 1.165) is 32.6 Å². The topological polar surface area (TPSA) is 58.8 Å². The summed E-state index contributed by atoms with van der Waals surface area (Å²) in [5.41, 5.74) is 5.48. The van der Waals surface area contributed by atoms with Crippen LogP contribution in [0.25, 0.3) is 0 Å². The summed E-state index contributed by atoms with van der Waals surface area (Å²) in [6, 6.07) is 0. The van der Waals surface area contributed by atoms with Crippen LogP contribution < -0.4 is 5.73 Å². The van der Waals surface area contributed by atoms with Gasteiger partial charge in [-0.05, 0) is 39.3 Å². The van der Waals surface area contributed by atoms with Crippen LogP contribution in [0.5, 0.6) is 0 Å². The molecule has 5 heteroatoms. The van der Waals surface area contributed by atoms with Gasteiger partial charge in [0.25, 0.3) is 0 Å². The summed E-state index contributed by atoms with van der Waals surface area (Å²) >= 11 is 0. The van der Waals surface area contributed by atoms with Gasteiger partial charge in [0.15, 0.2) is 0 Å². The number of nitrogens with two attached hydrogens (primary N) is 1. The average molecular weight is 325 g/mol. The minimum Gasteiger partial charge on any atom is -0.378 e. The van der Waals surface area contributed by atoms with Crippen molar-refractivity contribution < 1.29 is 9.53 Å². The molecule has 0 aromatic carbocycles. The molecule has 2 aliphatic rings. The summed E-state index contributed by atoms with van der Waals surface area (Å²) < 4.78 is 5.74. The Morgan fingerprint density at radius 3 is 2.65 bits per heavy atom. The van der Waals surface area contributed by atoms with Crippen molar-refractivity contribution >= 4 is 5.91 Å². The molecule has 134 valence electrons. The maximum absolute atomic E-state index is 13.0. The molecule has 1 amide bonds. The van der Waals surface area contributed by atoms with Gasteiger partial charge in [-0.1, -0.05) is 20.8 Å². The summed E-state index contributed by atoms with van der Waals surface area (Å²) in [6.07, 6.45) is 3.00. The SMILES string of the molecule is CCCN(C)CC1CCN(C(=O)C2(N)CC(OCC)C2(C)C)C1. The smallest absolute Gasteiger partial charge is 0.243 e. The number of carbonyl (C=O) groups excluding carboxylic acids is 1. The Kier molecular flexibility index (Phi) is 5.75. The van der Waals surface area contributed by atoms with Crippen LogP contribution in [0.15, 0.2) is 0 Å². The first-order valence-electron chi connectivity index (χ1n) is 9.14. The first-order chi connectivity index (χ1) is 10.8. The van der Waals surface area contributed by atoms with Crippen LogP contribution in [0.4, 0.5) is 0 Å². The van der Waals surface area contributed by atoms with Crippen molar-refractivity contribution in [2.75, 3.05) is 39.8 Å². The van der Waals surface area contributed by atoms with E-state index in [1.54, 1.807) is 0 Å². The molecule has 2 rings (SSSR count). The predicted octanol–water partition coefficient (Wildman–Crippen LogP) is 1.71. The summed E-state index contributed by atoms with van der Waals surface area (Å²) in [6.45, 7) is 12.9. The lowest BCUT2D eigenvalue weighted by Crippen LogP contribution is -2.75. The molecule has 23 heavy (non-hydrogen) atoms. The molecule has 1 saturated heterocycles. The maximum Gasteiger partial charge on any atom is 0.243 e. The highest BCUT2D eigenvalue weighted by atomic mass is 16.5. The minimum atomic E-state index is -0.767. The quantitative estimate of drug-likeness (QED) is 0.774. The van der Waals surface area contributed by atoms with Crippen molar-refractivity contribution in [3.8, 4) is 0 Å². The van der Waals surface area contributed by atoms with Crippen LogP contribution >= 0.6 is 0 Å². The van der Waals surface area contributed by atoms with Gasteiger partial charge in [0.1, 0.15) is 5.54 Å². The zero-order valence-electron chi connectivity index (χ0n) is 15.6. The Morgan fingerprint density at radius 1 is 1.39 bits per heavy atom. The number of carbonyl (C=O) groups is 1. The molecule has 0 aromatic heterocycles. The summed E-state index contributed by atoms with van der Waals surface area (Å²) in [5.74, 6) is 0.698. The van der Waals surface area contributed by atoms with E-state index < -0.39 is 5.54 Å². The van der Waals surface area contributed by atoms with Gasteiger partial charge in [-0.3, -0.25) is 4.79 Å². The molecular formula is C18H35N3O2. The summed E-state index contributed by atoms with van der Waals surface area (Å²) in [7, 11) is 2.17. The zero-order valence-corrected chi connectivity index (χ0v) is 15.6. The third kappa shape index (κ3) is 3.42. The van der Waals surface area contributed by atoms with Crippen molar-refractivity contribution in [2.24, 2.45) is 17.1 Å². The number of hydrogen-bond donors (Lipinski definition) is 1. The Bertz CT molecular complexity index is 426. The molecule has 2 fully saturated rings. The van der Waals surface area contributed by atoms with E-state index in [1.807, 2.05) is 11.8 Å². The second kappa shape index (κ2) is 7.08. The Hall–Kier alpha value is -0.650. The largest absolute Gasteiger partial charge is 0.378 e. The first-order valence-corrected chi connectivity index (χ1v) is 9.14. The van der Waals surface area contributed by atoms with Crippen LogP contribution in [0.1, 0.15) is 47.0 Å². The molecule has 5 nitrogen and oxygen atoms in total. The molecular weight excluding hydrogens is 290 g/mol. The molecule has 0 bridgehead atoms. The van der Waals surface area contributed by atoms with Crippen LogP contribution in [-0.4, -0.2) is 67.2 Å². The summed E-state index contributed by atoms with van der Waals surface area (Å²) in [4.78, 5) is 17.4. The second-order valence-corrected chi connectivity index (χ2v) is 8.01. The fourth-order valence-electron chi connectivity index (χ4n) is 4.16. The van der Waals surface area contributed by atoms with Crippen molar-refractivity contribution in [1.82, 2.24) is 9.80 Å². The number of likely N-dealkylation sites (tertiary alicyclic amines) is 1. The molecule has 0 spiro atoms. The van der Waals surface area contributed by atoms with E-state index in [9.17, 15) is 4.79 Å². The van der Waals surface area contributed by atoms with E-state index in [0.29, 0.717) is 18.9 Å². The fourth-order valence-corrected chi connectivity index (χ4v) is 4.16. The van der Waals surface area contributed by atoms with Gasteiger partial charge in [0.2, 0.25) is 5.91 Å². The van der Waals surface area contributed by atoms with Gasteiger partial charge in [0, 0.05) is 38.1 Å². The molecule has 1 aliphatic carbocycles. The third-order valence-electron chi connectivity index (χ3n) is 5.96. The van der Waals surface area contributed by atoms with Gasteiger partial charge in [-0.2, -0.15) is 0 Å². The molecule has 0 aromatic rings. The van der Waals surface area contributed by atoms with Gasteiger partial charge < -0.3 is 20.3 Å². The number of amides is 1. The van der Waals surface area contributed by atoms with Gasteiger partial charge in [-0.15, -0.1) is 0 Å². The van der Waals surface area contributed by atoms with E-state index in [-0.39, 0.29) is 17.4 Å². The Balaban J connectivity index is 1.92. The van der Waals surface area contributed by atoms with Crippen molar-refractivity contribution in [3.05, 3.63) is 0 Å². The molecule has 3 atom stereocenters. The van der Waals surface area contributed by atoms with Crippen molar-refractivity contribution in [3.63, 3.8) is 0 Å². The lowest BCUT2D eigenvalue weighted by Gasteiger charge is -2.58. The van der Waals surface area contributed by atoms with E-state index in [4.69, 9.17) is 10.5 Å². The minimum absolute atomic E-state index is 0.0931. The highest BCUT2D eigenvalue weighted by Crippen LogP contribution is 2.50. The van der Waals surface area contributed by atoms with E-state index in [2.05, 4.69) is 32.7 Å². The molecule has 1 saturated carbocycles. The lowest BCUT2D eigenvalue weighted by molar-refractivity contribution is -0.178. The number of ether oxygens (including phenoxy) is 1. The van der Waals surface area contributed by atoms with Gasteiger partial charge >= 0.3 is 0 Å². The van der Waals surface area contributed by atoms with Gasteiger partial charge in [0.05, 0.1) is 6.10 Å². The second-order valence-electron chi connectivity index (χ2n) is 8.01. The monoisotopic (exact) mass is 325 g/mol. The predicted molar refractivity (Wildman–Crippen MR) is 93.2 cm³/mol. The first kappa shape index (κ1) is 18.7. The highest BCUT2D eigenvalue weighted by Gasteiger charge is 2.64. The van der Waals surface area contributed by atoms with E-state index >= 15 is 0 Å². The van der Waals surface area contributed by atoms with Crippen molar-refractivity contribution in [2.45, 2.75) is 58.6 Å². The van der Waals surface area contributed by atoms with Crippen LogP contribution in [0, 0.1) is 11.3 Å². The number of hydrogen-bond acceptors (Lipinski definition) is 4. The third-order valence-corrected chi connectivity index (χ3v) is 5.96. The normalized spacial score (nSPS) is 33.1. The number of nitrogens with zero attached hydrogens (tertiary/aromatic N) is 2. The van der Waals surface area contributed by atoms with E-state index in [1.165, 1.54) is 6.42 Å². The molecule has 3 unspecified atom stereocenters. The van der Waals surface area contributed by atoms with Crippen molar-refractivity contribution in [1.29, 1.82) is 0 Å². The van der Waals surface area contributed by atoms with Crippen LogP contribution in [0.2, 0.25) is 0 Å². The zero-order chi connectivity index (χ0) is 17.3. The molecule has 1 aliphatic heterocycles. The standard InChI is InChI=1S/C18H35N3O2/c1-6-9-20(5)12-14-8-10-21(13-14)16(22)18(19)11-15(23-7-2)17(18,3)4/h14-15H,6-13,19H2,1-5H3. The lowest BCUT2D eigenvalue weighted by atomic mass is 9.54. The maximum atomic E-state index is 13.0. The average Bonchev–Trinajstić information content (AvgIpc) is 2.94. The fraction of sp³-hybridized carbons (Fsp3) is 0.944. The Morgan fingerprint density at radius 2 is 2.09 bits per heavy atom. The highest BCUT2D eigenvalue weighted by molar-refractivity contribution is 5.89. The molecule has 1 heterocycles. The molecule has 0 radical (unpaired) electrons.